The monoisotopic (exact) mass is 1060 g/mol. The van der Waals surface area contributed by atoms with Gasteiger partial charge in [-0.25, -0.2) is 9.78 Å². The van der Waals surface area contributed by atoms with E-state index in [9.17, 15) is 15.8 Å². The van der Waals surface area contributed by atoms with Gasteiger partial charge in [0.05, 0.1) is 41.0 Å². The minimum absolute atomic E-state index is 0.271. The third-order valence-corrected chi connectivity index (χ3v) is 20.5. The molecule has 8 nitrogen and oxygen atoms in total. The molecule has 0 radical (unpaired) electrons. The largest absolute Gasteiger partial charge is 0.251 e. The molecule has 0 spiro atoms. The predicted molar refractivity (Wildman–Crippen MR) is 315 cm³/mol. The fraction of sp³-hybridized carbons (Fsp3) is 0.686. The second-order valence-electron chi connectivity index (χ2n) is 26.4. The molecular weight excluding hydrogens is 961 g/mol. The highest BCUT2D eigenvalue weighted by atomic mass is 17.1. The van der Waals surface area contributed by atoms with Crippen LogP contribution in [0.5, 0.6) is 0 Å². The van der Waals surface area contributed by atoms with Gasteiger partial charge in [-0.15, -0.1) is 0 Å². The summed E-state index contributed by atoms with van der Waals surface area (Å²) in [6.45, 7) is 21.3. The van der Waals surface area contributed by atoms with Gasteiger partial charge in [-0.3, -0.25) is 10.5 Å². The third kappa shape index (κ3) is 17.2. The first-order valence-electron chi connectivity index (χ1n) is 31.0. The lowest BCUT2D eigenvalue weighted by atomic mass is 9.68. The Morgan fingerprint density at radius 3 is 0.923 bits per heavy atom. The van der Waals surface area contributed by atoms with E-state index in [0.717, 1.165) is 140 Å². The highest BCUT2D eigenvalue weighted by Crippen LogP contribution is 2.46. The number of hydrogen-bond donors (Lipinski definition) is 2. The Bertz CT molecular complexity index is 2440. The van der Waals surface area contributed by atoms with Crippen LogP contribution in [0.2, 0.25) is 0 Å². The fourth-order valence-electron chi connectivity index (χ4n) is 15.3. The van der Waals surface area contributed by atoms with Crippen LogP contribution in [-0.4, -0.2) is 10.5 Å². The van der Waals surface area contributed by atoms with Crippen LogP contribution in [0.3, 0.4) is 0 Å². The summed E-state index contributed by atoms with van der Waals surface area (Å²) in [6.07, 6.45) is 30.6. The molecule has 0 saturated heterocycles. The second kappa shape index (κ2) is 30.9. The molecule has 424 valence electrons. The molecule has 6 fully saturated rings. The van der Waals surface area contributed by atoms with Crippen molar-refractivity contribution in [3.63, 3.8) is 0 Å². The summed E-state index contributed by atoms with van der Waals surface area (Å²) >= 11 is 0. The van der Waals surface area contributed by atoms with Gasteiger partial charge in [0, 0.05) is 5.92 Å². The van der Waals surface area contributed by atoms with Crippen molar-refractivity contribution in [1.82, 2.24) is 0 Å². The predicted octanol–water partition coefficient (Wildman–Crippen LogP) is 19.5. The second-order valence-corrected chi connectivity index (χ2v) is 26.4. The molecule has 2 unspecified atom stereocenters. The maximum Gasteiger partial charge on any atom is 0.120 e. The highest BCUT2D eigenvalue weighted by molar-refractivity contribution is 5.48. The van der Waals surface area contributed by atoms with Gasteiger partial charge >= 0.3 is 0 Å². The van der Waals surface area contributed by atoms with Crippen molar-refractivity contribution >= 4 is 0 Å². The summed E-state index contributed by atoms with van der Waals surface area (Å²) in [5.41, 5.74) is 11.9. The number of benzene rings is 3. The first-order valence-corrected chi connectivity index (χ1v) is 31.0. The van der Waals surface area contributed by atoms with Crippen molar-refractivity contribution in [3.8, 4) is 24.3 Å². The molecule has 2 N–H and O–H groups in total. The molecule has 0 amide bonds. The lowest BCUT2D eigenvalue weighted by Gasteiger charge is -2.38. The van der Waals surface area contributed by atoms with Gasteiger partial charge in [-0.05, 0) is 259 Å². The Labute approximate surface area is 473 Å². The molecule has 6 aliphatic carbocycles. The summed E-state index contributed by atoms with van der Waals surface area (Å²) in [5.74, 6) is 9.12. The summed E-state index contributed by atoms with van der Waals surface area (Å²) in [4.78, 5) is 9.78. The first-order chi connectivity index (χ1) is 37.5. The van der Waals surface area contributed by atoms with Crippen LogP contribution >= 0.6 is 0 Å². The van der Waals surface area contributed by atoms with E-state index in [1.807, 2.05) is 52.0 Å². The number of rotatable bonds is 9. The molecule has 9 rings (SSSR count). The third-order valence-electron chi connectivity index (χ3n) is 20.5. The zero-order chi connectivity index (χ0) is 56.5. The first kappa shape index (κ1) is 62.7. The van der Waals surface area contributed by atoms with Gasteiger partial charge in [0.1, 0.15) is 12.2 Å². The molecule has 3 aromatic carbocycles. The molecular formula is C70H100N4O4. The molecule has 0 aliphatic heterocycles. The summed E-state index contributed by atoms with van der Waals surface area (Å²) in [5, 5.41) is 55.3. The molecule has 0 aromatic heterocycles. The van der Waals surface area contributed by atoms with Crippen molar-refractivity contribution in [1.29, 1.82) is 21.0 Å². The van der Waals surface area contributed by atoms with Crippen LogP contribution in [0.1, 0.15) is 267 Å². The van der Waals surface area contributed by atoms with E-state index in [4.69, 9.17) is 25.6 Å². The van der Waals surface area contributed by atoms with Gasteiger partial charge in [0.2, 0.25) is 0 Å². The van der Waals surface area contributed by atoms with Crippen LogP contribution in [0.4, 0.5) is 0 Å². The Morgan fingerprint density at radius 1 is 0.372 bits per heavy atom. The van der Waals surface area contributed by atoms with E-state index >= 15 is 0 Å². The minimum atomic E-state index is -0.271. The quantitative estimate of drug-likeness (QED) is 0.159. The van der Waals surface area contributed by atoms with Gasteiger partial charge in [-0.1, -0.05) is 115 Å². The smallest absolute Gasteiger partial charge is 0.120 e. The van der Waals surface area contributed by atoms with E-state index in [-0.39, 0.29) is 12.2 Å². The summed E-state index contributed by atoms with van der Waals surface area (Å²) in [7, 11) is 0. The standard InChI is InChI=1S/C23H33NO2.C17H23NO2.C16H21N.C14H23N/c1-15-4-6-18(7-5-15)19-8-10-20(11-9-19)23(26-25)21-12-16(2)22(14-24)17(3)13-21;1-11-4-6-14(7-5-11)17(20-19)15-8-12(2)16(10-18)13(3)9-15;1-11-4-6-14(7-5-11)15-8-12(2)16(10-17)13(3)9-15;1-11-2-6-13(7-3-11)14-8-4-12(10-15)5-9-14/h12-13,15,18-20,23,25H,4-11H2,1-3H3;8-9,11,14,17,19H,4-7H2,1-3H3;8-9,11,14H,4-7H2,1-3H3;11-14H,2-9H2,1H3. The van der Waals surface area contributed by atoms with Gasteiger partial charge in [0.25, 0.3) is 0 Å². The van der Waals surface area contributed by atoms with Gasteiger partial charge in [0.15, 0.2) is 0 Å². The number of aryl methyl sites for hydroxylation is 6. The molecule has 78 heavy (non-hydrogen) atoms. The zero-order valence-corrected chi connectivity index (χ0v) is 50.0. The number of nitriles is 4. The normalized spacial score (nSPS) is 29.8. The maximum atomic E-state index is 9.62. The average Bonchev–Trinajstić information content (AvgIpc) is 3.44. The summed E-state index contributed by atoms with van der Waals surface area (Å²) < 4.78 is 0. The van der Waals surface area contributed by atoms with Gasteiger partial charge in [-0.2, -0.15) is 21.0 Å². The fourth-order valence-corrected chi connectivity index (χ4v) is 15.3. The van der Waals surface area contributed by atoms with Crippen LogP contribution in [0.15, 0.2) is 36.4 Å². The number of hydrogen-bond acceptors (Lipinski definition) is 8. The maximum absolute atomic E-state index is 9.62. The lowest BCUT2D eigenvalue weighted by molar-refractivity contribution is -0.296. The Hall–Kier alpha value is -4.54. The van der Waals surface area contributed by atoms with Crippen LogP contribution < -0.4 is 0 Å². The lowest BCUT2D eigenvalue weighted by Crippen LogP contribution is -2.28. The van der Waals surface area contributed by atoms with Crippen molar-refractivity contribution in [2.75, 3.05) is 0 Å². The molecule has 0 bridgehead atoms. The SMILES string of the molecule is CC1CCC(C2CCC(C#N)CC2)CC1.Cc1cc(C(OO)C2CCC(C)CC2)cc(C)c1C#N.Cc1cc(C(OO)C2CCC(C3CCC(C)CC3)CC2)cc(C)c1C#N.Cc1cc(C2CCC(C)CC2)cc(C)c1C#N. The molecule has 3 aromatic rings. The highest BCUT2D eigenvalue weighted by Gasteiger charge is 2.35. The zero-order valence-electron chi connectivity index (χ0n) is 50.0. The van der Waals surface area contributed by atoms with E-state index in [0.29, 0.717) is 17.8 Å². The van der Waals surface area contributed by atoms with Crippen LogP contribution in [0, 0.1) is 152 Å². The minimum Gasteiger partial charge on any atom is -0.251 e. The van der Waals surface area contributed by atoms with Crippen LogP contribution in [0.25, 0.3) is 0 Å². The van der Waals surface area contributed by atoms with E-state index < -0.39 is 0 Å². The Balaban J connectivity index is 0.000000172. The number of nitrogens with zero attached hydrogens (tertiary/aromatic N) is 4. The Kier molecular flexibility index (Phi) is 24.8. The molecule has 6 saturated carbocycles. The van der Waals surface area contributed by atoms with Crippen molar-refractivity contribution in [3.05, 3.63) is 103 Å². The van der Waals surface area contributed by atoms with Crippen LogP contribution in [-0.2, 0) is 9.78 Å². The summed E-state index contributed by atoms with van der Waals surface area (Å²) in [6, 6.07) is 21.7. The molecule has 0 heterocycles. The average molecular weight is 1060 g/mol. The Morgan fingerprint density at radius 2 is 0.628 bits per heavy atom. The van der Waals surface area contributed by atoms with E-state index in [2.05, 4.69) is 78.0 Å². The van der Waals surface area contributed by atoms with E-state index in [1.54, 1.807) is 0 Å². The van der Waals surface area contributed by atoms with Crippen molar-refractivity contribution in [2.45, 2.75) is 241 Å². The topological polar surface area (TPSA) is 154 Å². The molecule has 2 atom stereocenters. The van der Waals surface area contributed by atoms with Gasteiger partial charge < -0.3 is 0 Å². The van der Waals surface area contributed by atoms with Crippen molar-refractivity contribution in [2.24, 2.45) is 65.1 Å². The molecule has 6 aliphatic rings. The van der Waals surface area contributed by atoms with Crippen molar-refractivity contribution < 1.29 is 20.3 Å². The van der Waals surface area contributed by atoms with E-state index in [1.165, 1.54) is 134 Å². The molecule has 8 heteroatoms.